The Labute approximate surface area is 92.6 Å². The topological polar surface area (TPSA) is 92.4 Å². The summed E-state index contributed by atoms with van der Waals surface area (Å²) in [7, 11) is 0. The van der Waals surface area contributed by atoms with Crippen LogP contribution in [-0.2, 0) is 4.79 Å². The SMILES string of the molecule is CCC(CNC(=O)c1ccon1)CC(=O)O. The van der Waals surface area contributed by atoms with Crippen LogP contribution in [0.15, 0.2) is 16.9 Å². The fraction of sp³-hybridized carbons (Fsp3) is 0.500. The van der Waals surface area contributed by atoms with Crippen LogP contribution in [0, 0.1) is 5.92 Å². The third-order valence-electron chi connectivity index (χ3n) is 2.26. The molecule has 0 aliphatic rings. The third-order valence-corrected chi connectivity index (χ3v) is 2.26. The number of carboxylic acid groups (broad SMARTS) is 1. The summed E-state index contributed by atoms with van der Waals surface area (Å²) in [5, 5.41) is 14.7. The Kier molecular flexibility index (Phi) is 4.50. The molecule has 0 radical (unpaired) electrons. The van der Waals surface area contributed by atoms with E-state index in [-0.39, 0.29) is 23.9 Å². The van der Waals surface area contributed by atoms with Gasteiger partial charge in [0.2, 0.25) is 0 Å². The highest BCUT2D eigenvalue weighted by molar-refractivity contribution is 5.91. The van der Waals surface area contributed by atoms with Gasteiger partial charge >= 0.3 is 5.97 Å². The molecular formula is C10H14N2O4. The lowest BCUT2D eigenvalue weighted by Gasteiger charge is -2.12. The lowest BCUT2D eigenvalue weighted by atomic mass is 10.0. The summed E-state index contributed by atoms with van der Waals surface area (Å²) in [6.07, 6.45) is 2.06. The zero-order valence-corrected chi connectivity index (χ0v) is 8.97. The normalized spacial score (nSPS) is 12.1. The van der Waals surface area contributed by atoms with Gasteiger partial charge in [-0.15, -0.1) is 0 Å². The summed E-state index contributed by atoms with van der Waals surface area (Å²) in [6, 6.07) is 1.45. The highest BCUT2D eigenvalue weighted by atomic mass is 16.5. The summed E-state index contributed by atoms with van der Waals surface area (Å²) in [4.78, 5) is 21.9. The molecule has 1 unspecified atom stereocenters. The molecule has 0 saturated heterocycles. The van der Waals surface area contributed by atoms with E-state index in [1.54, 1.807) is 0 Å². The van der Waals surface area contributed by atoms with Gasteiger partial charge in [-0.05, 0) is 5.92 Å². The van der Waals surface area contributed by atoms with Crippen molar-refractivity contribution in [3.63, 3.8) is 0 Å². The third kappa shape index (κ3) is 3.72. The molecular weight excluding hydrogens is 212 g/mol. The molecule has 0 spiro atoms. The number of nitrogens with zero attached hydrogens (tertiary/aromatic N) is 1. The van der Waals surface area contributed by atoms with Crippen molar-refractivity contribution < 1.29 is 19.2 Å². The lowest BCUT2D eigenvalue weighted by molar-refractivity contribution is -0.138. The number of carbonyl (C=O) groups is 2. The van der Waals surface area contributed by atoms with Crippen molar-refractivity contribution in [2.75, 3.05) is 6.54 Å². The van der Waals surface area contributed by atoms with Gasteiger partial charge in [-0.25, -0.2) is 0 Å². The Hall–Kier alpha value is -1.85. The van der Waals surface area contributed by atoms with Gasteiger partial charge in [-0.1, -0.05) is 18.5 Å². The van der Waals surface area contributed by atoms with Gasteiger partial charge in [0, 0.05) is 19.0 Å². The Morgan fingerprint density at radius 3 is 2.88 bits per heavy atom. The van der Waals surface area contributed by atoms with Crippen LogP contribution in [0.4, 0.5) is 0 Å². The summed E-state index contributed by atoms with van der Waals surface area (Å²) >= 11 is 0. The average Bonchev–Trinajstić information content (AvgIpc) is 2.76. The number of carboxylic acids is 1. The Morgan fingerprint density at radius 1 is 1.62 bits per heavy atom. The maximum absolute atomic E-state index is 11.4. The Balaban J connectivity index is 2.38. The van der Waals surface area contributed by atoms with E-state index in [0.717, 1.165) is 0 Å². The van der Waals surface area contributed by atoms with E-state index >= 15 is 0 Å². The van der Waals surface area contributed by atoms with Crippen molar-refractivity contribution in [2.24, 2.45) is 5.92 Å². The fourth-order valence-corrected chi connectivity index (χ4v) is 1.27. The van der Waals surface area contributed by atoms with E-state index in [4.69, 9.17) is 5.11 Å². The average molecular weight is 226 g/mol. The molecule has 0 aliphatic carbocycles. The number of hydrogen-bond donors (Lipinski definition) is 2. The molecule has 0 bridgehead atoms. The number of amides is 1. The molecule has 16 heavy (non-hydrogen) atoms. The van der Waals surface area contributed by atoms with E-state index in [1.807, 2.05) is 6.92 Å². The van der Waals surface area contributed by atoms with E-state index in [0.29, 0.717) is 13.0 Å². The van der Waals surface area contributed by atoms with Crippen LogP contribution in [0.3, 0.4) is 0 Å². The number of aromatic nitrogens is 1. The molecule has 1 atom stereocenters. The molecule has 0 aliphatic heterocycles. The molecule has 6 nitrogen and oxygen atoms in total. The Bertz CT molecular complexity index is 348. The van der Waals surface area contributed by atoms with E-state index in [2.05, 4.69) is 15.0 Å². The van der Waals surface area contributed by atoms with Crippen LogP contribution >= 0.6 is 0 Å². The molecule has 6 heteroatoms. The largest absolute Gasteiger partial charge is 0.481 e. The summed E-state index contributed by atoms with van der Waals surface area (Å²) in [5.74, 6) is -1.27. The first-order chi connectivity index (χ1) is 7.63. The number of carbonyl (C=O) groups excluding carboxylic acids is 1. The first kappa shape index (κ1) is 12.2. The first-order valence-corrected chi connectivity index (χ1v) is 5.03. The van der Waals surface area contributed by atoms with Gasteiger partial charge in [0.1, 0.15) is 6.26 Å². The lowest BCUT2D eigenvalue weighted by Crippen LogP contribution is -2.30. The van der Waals surface area contributed by atoms with Gasteiger partial charge in [-0.3, -0.25) is 9.59 Å². The number of hydrogen-bond acceptors (Lipinski definition) is 4. The second-order valence-corrected chi connectivity index (χ2v) is 3.47. The minimum Gasteiger partial charge on any atom is -0.481 e. The van der Waals surface area contributed by atoms with Crippen molar-refractivity contribution in [2.45, 2.75) is 19.8 Å². The first-order valence-electron chi connectivity index (χ1n) is 5.03. The molecule has 0 saturated carbocycles. The van der Waals surface area contributed by atoms with Crippen LogP contribution in [-0.4, -0.2) is 28.7 Å². The van der Waals surface area contributed by atoms with Crippen LogP contribution in [0.25, 0.3) is 0 Å². The van der Waals surface area contributed by atoms with E-state index < -0.39 is 5.97 Å². The molecule has 0 fully saturated rings. The van der Waals surface area contributed by atoms with E-state index in [1.165, 1.54) is 12.3 Å². The number of aliphatic carboxylic acids is 1. The fourth-order valence-electron chi connectivity index (χ4n) is 1.27. The van der Waals surface area contributed by atoms with Gasteiger partial charge in [0.05, 0.1) is 0 Å². The maximum Gasteiger partial charge on any atom is 0.303 e. The molecule has 2 N–H and O–H groups in total. The minimum absolute atomic E-state index is 0.0512. The number of rotatable bonds is 6. The summed E-state index contributed by atoms with van der Waals surface area (Å²) in [5.41, 5.74) is 0.199. The van der Waals surface area contributed by atoms with Crippen molar-refractivity contribution in [3.05, 3.63) is 18.0 Å². The van der Waals surface area contributed by atoms with E-state index in [9.17, 15) is 9.59 Å². The molecule has 1 aromatic heterocycles. The molecule has 1 aromatic rings. The smallest absolute Gasteiger partial charge is 0.303 e. The summed E-state index contributed by atoms with van der Waals surface area (Å²) < 4.78 is 4.53. The predicted octanol–water partition coefficient (Wildman–Crippen LogP) is 0.905. The minimum atomic E-state index is -0.859. The Morgan fingerprint density at radius 2 is 2.38 bits per heavy atom. The van der Waals surface area contributed by atoms with Gasteiger partial charge in [-0.2, -0.15) is 0 Å². The standard InChI is InChI=1S/C10H14N2O4/c1-2-7(5-9(13)14)6-11-10(15)8-3-4-16-12-8/h3-4,7H,2,5-6H2,1H3,(H,11,15)(H,13,14). The van der Waals surface area contributed by atoms with Crippen molar-refractivity contribution in [1.29, 1.82) is 0 Å². The van der Waals surface area contributed by atoms with Gasteiger partial charge in [0.15, 0.2) is 5.69 Å². The zero-order chi connectivity index (χ0) is 12.0. The maximum atomic E-state index is 11.4. The van der Waals surface area contributed by atoms with Gasteiger partial charge < -0.3 is 14.9 Å². The second-order valence-electron chi connectivity index (χ2n) is 3.47. The molecule has 0 aromatic carbocycles. The second kappa shape index (κ2) is 5.89. The van der Waals surface area contributed by atoms with Crippen LogP contribution in [0.1, 0.15) is 30.3 Å². The molecule has 1 heterocycles. The molecule has 88 valence electrons. The van der Waals surface area contributed by atoms with Crippen LogP contribution < -0.4 is 5.32 Å². The van der Waals surface area contributed by atoms with Crippen molar-refractivity contribution >= 4 is 11.9 Å². The monoisotopic (exact) mass is 226 g/mol. The summed E-state index contributed by atoms with van der Waals surface area (Å²) in [6.45, 7) is 2.21. The van der Waals surface area contributed by atoms with Gasteiger partial charge in [0.25, 0.3) is 5.91 Å². The van der Waals surface area contributed by atoms with Crippen molar-refractivity contribution in [3.8, 4) is 0 Å². The highest BCUT2D eigenvalue weighted by Gasteiger charge is 2.14. The van der Waals surface area contributed by atoms with Crippen LogP contribution in [0.2, 0.25) is 0 Å². The molecule has 1 rings (SSSR count). The zero-order valence-electron chi connectivity index (χ0n) is 8.97. The quantitative estimate of drug-likeness (QED) is 0.751. The number of nitrogens with one attached hydrogen (secondary N) is 1. The predicted molar refractivity (Wildman–Crippen MR) is 54.9 cm³/mol. The highest BCUT2D eigenvalue weighted by Crippen LogP contribution is 2.06. The van der Waals surface area contributed by atoms with Crippen LogP contribution in [0.5, 0.6) is 0 Å². The van der Waals surface area contributed by atoms with Crippen molar-refractivity contribution in [1.82, 2.24) is 10.5 Å². The molecule has 1 amide bonds.